The molecule has 34 heavy (non-hydrogen) atoms. The van der Waals surface area contributed by atoms with Crippen LogP contribution in [0.1, 0.15) is 18.1 Å². The van der Waals surface area contributed by atoms with Gasteiger partial charge < -0.3 is 29.7 Å². The zero-order chi connectivity index (χ0) is 24.7. The van der Waals surface area contributed by atoms with Gasteiger partial charge in [-0.3, -0.25) is 14.4 Å². The molecule has 0 radical (unpaired) electrons. The molecule has 3 rings (SSSR count). The number of nitriles is 1. The molecule has 0 spiro atoms. The summed E-state index contributed by atoms with van der Waals surface area (Å²) in [6.45, 7) is 2.27. The van der Waals surface area contributed by atoms with Crippen molar-refractivity contribution in [2.75, 3.05) is 33.9 Å². The maximum atomic E-state index is 13.1. The Labute approximate surface area is 198 Å². The van der Waals surface area contributed by atoms with Gasteiger partial charge >= 0.3 is 0 Å². The van der Waals surface area contributed by atoms with Crippen molar-refractivity contribution in [3.05, 3.63) is 53.3 Å². The van der Waals surface area contributed by atoms with Crippen LogP contribution >= 0.6 is 0 Å². The van der Waals surface area contributed by atoms with Crippen LogP contribution < -0.4 is 15.4 Å². The van der Waals surface area contributed by atoms with Crippen molar-refractivity contribution < 1.29 is 28.6 Å². The molecule has 10 nitrogen and oxygen atoms in total. The summed E-state index contributed by atoms with van der Waals surface area (Å²) in [5.41, 5.74) is 1.78. The van der Waals surface area contributed by atoms with E-state index in [0.717, 1.165) is 5.57 Å². The van der Waals surface area contributed by atoms with Gasteiger partial charge in [-0.25, -0.2) is 0 Å². The van der Waals surface area contributed by atoms with Crippen molar-refractivity contribution in [1.82, 2.24) is 15.5 Å². The van der Waals surface area contributed by atoms with Gasteiger partial charge in [-0.2, -0.15) is 5.26 Å². The molecule has 1 aromatic carbocycles. The minimum atomic E-state index is -0.932. The number of fused-ring (bicyclic) bond motifs is 1. The summed E-state index contributed by atoms with van der Waals surface area (Å²) in [5.74, 6) is -0.819. The Balaban J connectivity index is 1.70. The van der Waals surface area contributed by atoms with Crippen molar-refractivity contribution in [2.45, 2.75) is 25.8 Å². The molecule has 0 saturated carbocycles. The fraction of sp³-hybridized carbons (Fsp3) is 0.417. The summed E-state index contributed by atoms with van der Waals surface area (Å²) in [6.07, 6.45) is 3.79. The quantitative estimate of drug-likeness (QED) is 0.512. The zero-order valence-corrected chi connectivity index (χ0v) is 19.4. The van der Waals surface area contributed by atoms with Gasteiger partial charge in [0, 0.05) is 45.6 Å². The summed E-state index contributed by atoms with van der Waals surface area (Å²) >= 11 is 0. The summed E-state index contributed by atoms with van der Waals surface area (Å²) in [5, 5.41) is 14.5. The first kappa shape index (κ1) is 25.0. The van der Waals surface area contributed by atoms with Gasteiger partial charge in [0.15, 0.2) is 12.4 Å². The van der Waals surface area contributed by atoms with Crippen LogP contribution in [0.3, 0.4) is 0 Å². The summed E-state index contributed by atoms with van der Waals surface area (Å²) in [4.78, 5) is 38.9. The highest BCUT2D eigenvalue weighted by atomic mass is 16.5. The largest absolute Gasteiger partial charge is 0.483 e. The lowest BCUT2D eigenvalue weighted by Gasteiger charge is -2.28. The average Bonchev–Trinajstić information content (AvgIpc) is 3.29. The first-order chi connectivity index (χ1) is 16.4. The van der Waals surface area contributed by atoms with Crippen LogP contribution in [0.25, 0.3) is 0 Å². The van der Waals surface area contributed by atoms with Crippen LogP contribution in [0.4, 0.5) is 0 Å². The topological polar surface area (TPSA) is 130 Å². The van der Waals surface area contributed by atoms with E-state index < -0.39 is 18.2 Å². The molecule has 1 aliphatic heterocycles. The van der Waals surface area contributed by atoms with E-state index in [1.165, 1.54) is 20.2 Å². The molecular weight excluding hydrogens is 440 g/mol. The van der Waals surface area contributed by atoms with Gasteiger partial charge in [-0.15, -0.1) is 0 Å². The Kier molecular flexibility index (Phi) is 8.40. The first-order valence-corrected chi connectivity index (χ1v) is 10.9. The molecule has 3 unspecified atom stereocenters. The van der Waals surface area contributed by atoms with E-state index in [1.54, 1.807) is 36.2 Å². The fourth-order valence-corrected chi connectivity index (χ4v) is 3.78. The van der Waals surface area contributed by atoms with Gasteiger partial charge in [-0.05, 0) is 30.7 Å². The number of hydrogen-bond donors (Lipinski definition) is 2. The standard InChI is InChI=1S/C24H28N4O6/c1-4-33-24(28-12-17-7-8-19(32-3)22(30)18(17)13-28)23(31)27-11-16-6-5-15(10-25)9-20(16)34-14-21(29)26-2/h5-9,12,18-19,24H,4,11,13-14H2,1-3H3,(H,26,29)(H,27,31). The lowest BCUT2D eigenvalue weighted by molar-refractivity contribution is -0.144. The Morgan fingerprint density at radius 2 is 2.15 bits per heavy atom. The van der Waals surface area contributed by atoms with E-state index >= 15 is 0 Å². The minimum absolute atomic E-state index is 0.0510. The Morgan fingerprint density at radius 3 is 2.82 bits per heavy atom. The molecule has 0 aromatic heterocycles. The number of carbonyl (C=O) groups excluding carboxylic acids is 3. The number of ether oxygens (including phenoxy) is 3. The third-order valence-electron chi connectivity index (χ3n) is 5.59. The van der Waals surface area contributed by atoms with Gasteiger partial charge in [0.2, 0.25) is 6.23 Å². The Hall–Kier alpha value is -3.68. The van der Waals surface area contributed by atoms with E-state index in [-0.39, 0.29) is 30.8 Å². The average molecular weight is 469 g/mol. The van der Waals surface area contributed by atoms with Gasteiger partial charge in [-0.1, -0.05) is 12.1 Å². The number of methoxy groups -OCH3 is 1. The highest BCUT2D eigenvalue weighted by Gasteiger charge is 2.39. The molecule has 2 amide bonds. The van der Waals surface area contributed by atoms with E-state index in [0.29, 0.717) is 30.0 Å². The second-order valence-corrected chi connectivity index (χ2v) is 7.72. The van der Waals surface area contributed by atoms with Crippen molar-refractivity contribution in [3.8, 4) is 11.8 Å². The maximum absolute atomic E-state index is 13.1. The van der Waals surface area contributed by atoms with E-state index in [2.05, 4.69) is 10.6 Å². The number of ketones is 1. The smallest absolute Gasteiger partial charge is 0.270 e. The third kappa shape index (κ3) is 5.62. The molecule has 3 atom stereocenters. The SMILES string of the molecule is CCOC(C(=O)NCc1ccc(C#N)cc1OCC(=O)NC)N1C=C2C=CC(OC)C(=O)C2C1. The fourth-order valence-electron chi connectivity index (χ4n) is 3.78. The Morgan fingerprint density at radius 1 is 1.35 bits per heavy atom. The van der Waals surface area contributed by atoms with Crippen LogP contribution in [0.5, 0.6) is 5.75 Å². The van der Waals surface area contributed by atoms with Crippen LogP contribution in [0.15, 0.2) is 42.1 Å². The molecule has 1 aromatic rings. The van der Waals surface area contributed by atoms with E-state index in [9.17, 15) is 14.4 Å². The normalized spacial score (nSPS) is 19.6. The van der Waals surface area contributed by atoms with Crippen LogP contribution in [0, 0.1) is 17.2 Å². The van der Waals surface area contributed by atoms with Gasteiger partial charge in [0.25, 0.3) is 11.8 Å². The molecule has 180 valence electrons. The van der Waals surface area contributed by atoms with Crippen molar-refractivity contribution in [3.63, 3.8) is 0 Å². The van der Waals surface area contributed by atoms with Crippen molar-refractivity contribution >= 4 is 17.6 Å². The number of benzene rings is 1. The number of carbonyl (C=O) groups is 3. The summed E-state index contributed by atoms with van der Waals surface area (Å²) in [7, 11) is 2.98. The summed E-state index contributed by atoms with van der Waals surface area (Å²) in [6, 6.07) is 6.81. The second kappa shape index (κ2) is 11.4. The predicted octanol–water partition coefficient (Wildman–Crippen LogP) is 0.631. The first-order valence-electron chi connectivity index (χ1n) is 10.9. The number of rotatable bonds is 10. The number of Topliss-reactive ketones (excluding diaryl/α,β-unsaturated/α-hetero) is 1. The lowest BCUT2D eigenvalue weighted by atomic mass is 9.88. The van der Waals surface area contributed by atoms with E-state index in [4.69, 9.17) is 19.5 Å². The monoisotopic (exact) mass is 468 g/mol. The molecule has 0 saturated heterocycles. The highest BCUT2D eigenvalue weighted by Crippen LogP contribution is 2.31. The molecule has 1 heterocycles. The molecular formula is C24H28N4O6. The molecule has 1 aliphatic carbocycles. The maximum Gasteiger partial charge on any atom is 0.270 e. The predicted molar refractivity (Wildman–Crippen MR) is 121 cm³/mol. The van der Waals surface area contributed by atoms with Crippen molar-refractivity contribution in [1.29, 1.82) is 5.26 Å². The number of hydrogen-bond acceptors (Lipinski definition) is 8. The molecule has 0 bridgehead atoms. The third-order valence-corrected chi connectivity index (χ3v) is 5.59. The number of nitrogens with zero attached hydrogens (tertiary/aromatic N) is 2. The van der Waals surface area contributed by atoms with Crippen LogP contribution in [0.2, 0.25) is 0 Å². The summed E-state index contributed by atoms with van der Waals surface area (Å²) < 4.78 is 16.5. The molecule has 2 N–H and O–H groups in total. The van der Waals surface area contributed by atoms with Crippen molar-refractivity contribution in [2.24, 2.45) is 5.92 Å². The number of allylic oxidation sites excluding steroid dienone is 1. The highest BCUT2D eigenvalue weighted by molar-refractivity contribution is 5.92. The zero-order valence-electron chi connectivity index (χ0n) is 19.4. The van der Waals surface area contributed by atoms with E-state index in [1.807, 2.05) is 12.1 Å². The number of likely N-dealkylation sites (N-methyl/N-ethyl adjacent to an activating group) is 1. The number of nitrogens with one attached hydrogen (secondary N) is 2. The molecule has 2 aliphatic rings. The second-order valence-electron chi connectivity index (χ2n) is 7.72. The van der Waals surface area contributed by atoms with Crippen LogP contribution in [-0.2, 0) is 30.4 Å². The molecule has 0 fully saturated rings. The Bertz CT molecular complexity index is 1040. The lowest BCUT2D eigenvalue weighted by Crippen LogP contribution is -2.47. The van der Waals surface area contributed by atoms with Crippen LogP contribution in [-0.4, -0.2) is 68.7 Å². The van der Waals surface area contributed by atoms with Gasteiger partial charge in [0.1, 0.15) is 11.9 Å². The molecule has 10 heteroatoms. The number of amides is 2. The van der Waals surface area contributed by atoms with Gasteiger partial charge in [0.05, 0.1) is 17.6 Å². The minimum Gasteiger partial charge on any atom is -0.483 e.